The first-order chi connectivity index (χ1) is 13.6. The first kappa shape index (κ1) is 18.4. The Bertz CT molecular complexity index is 1130. The molecule has 0 aliphatic rings. The van der Waals surface area contributed by atoms with Gasteiger partial charge in [0.05, 0.1) is 27.7 Å². The first-order valence-corrected chi connectivity index (χ1v) is 10.3. The molecule has 142 valence electrons. The molecule has 1 amide bonds. The molecule has 0 saturated carbocycles. The minimum absolute atomic E-state index is 0.144. The van der Waals surface area contributed by atoms with Crippen LogP contribution in [0.4, 0.5) is 5.69 Å². The van der Waals surface area contributed by atoms with Crippen LogP contribution in [0.15, 0.2) is 54.0 Å². The van der Waals surface area contributed by atoms with Gasteiger partial charge in [-0.1, -0.05) is 31.2 Å². The van der Waals surface area contributed by atoms with E-state index >= 15 is 0 Å². The average Bonchev–Trinajstić information content (AvgIpc) is 3.37. The van der Waals surface area contributed by atoms with Crippen LogP contribution in [0.2, 0.25) is 0 Å². The van der Waals surface area contributed by atoms with E-state index in [1.54, 1.807) is 17.5 Å². The second-order valence-corrected chi connectivity index (χ2v) is 7.87. The number of thiophene rings is 1. The van der Waals surface area contributed by atoms with Crippen molar-refractivity contribution in [3.63, 3.8) is 0 Å². The summed E-state index contributed by atoms with van der Waals surface area (Å²) in [5, 5.41) is 10.3. The molecule has 0 aliphatic carbocycles. The van der Waals surface area contributed by atoms with E-state index in [1.807, 2.05) is 52.5 Å². The normalized spacial score (nSPS) is 11.3. The molecule has 6 heteroatoms. The van der Waals surface area contributed by atoms with E-state index in [-0.39, 0.29) is 11.9 Å². The van der Waals surface area contributed by atoms with Gasteiger partial charge < -0.3 is 5.32 Å². The molecule has 4 rings (SSSR count). The maximum Gasteiger partial charge on any atom is 0.256 e. The maximum atomic E-state index is 13.2. The average molecular weight is 391 g/mol. The maximum absolute atomic E-state index is 13.2. The molecule has 1 N–H and O–H groups in total. The number of para-hydroxylation sites is 1. The third-order valence-corrected chi connectivity index (χ3v) is 5.61. The Morgan fingerprint density at radius 3 is 2.75 bits per heavy atom. The van der Waals surface area contributed by atoms with Crippen molar-refractivity contribution >= 4 is 34.0 Å². The highest BCUT2D eigenvalue weighted by Crippen LogP contribution is 2.29. The van der Waals surface area contributed by atoms with Crippen LogP contribution in [-0.4, -0.2) is 20.7 Å². The summed E-state index contributed by atoms with van der Waals surface area (Å²) in [4.78, 5) is 19.1. The molecule has 0 saturated heterocycles. The number of amides is 1. The van der Waals surface area contributed by atoms with E-state index < -0.39 is 0 Å². The summed E-state index contributed by atoms with van der Waals surface area (Å²) in [5.74, 6) is -0.144. The number of pyridine rings is 1. The van der Waals surface area contributed by atoms with E-state index in [0.717, 1.165) is 39.3 Å². The summed E-state index contributed by atoms with van der Waals surface area (Å²) in [5.41, 5.74) is 4.06. The molecule has 1 aromatic carbocycles. The Morgan fingerprint density at radius 1 is 1.21 bits per heavy atom. The van der Waals surface area contributed by atoms with E-state index in [4.69, 9.17) is 4.98 Å². The van der Waals surface area contributed by atoms with Gasteiger partial charge in [-0.05, 0) is 49.4 Å². The summed E-state index contributed by atoms with van der Waals surface area (Å²) in [6.45, 7) is 6.20. The van der Waals surface area contributed by atoms with Crippen molar-refractivity contribution < 1.29 is 4.79 Å². The predicted molar refractivity (Wildman–Crippen MR) is 115 cm³/mol. The number of anilines is 1. The van der Waals surface area contributed by atoms with Gasteiger partial charge in [0.2, 0.25) is 0 Å². The Labute approximate surface area is 168 Å². The molecular formula is C22H22N4OS. The number of hydrogen-bond acceptors (Lipinski definition) is 4. The van der Waals surface area contributed by atoms with Crippen LogP contribution < -0.4 is 5.32 Å². The number of aromatic nitrogens is 3. The lowest BCUT2D eigenvalue weighted by Crippen LogP contribution is -2.14. The lowest BCUT2D eigenvalue weighted by Gasteiger charge is -2.12. The van der Waals surface area contributed by atoms with Gasteiger partial charge in [0.25, 0.3) is 5.91 Å². The van der Waals surface area contributed by atoms with Crippen molar-refractivity contribution in [2.24, 2.45) is 0 Å². The number of carbonyl (C=O) groups excluding carboxylic acids is 1. The fourth-order valence-corrected chi connectivity index (χ4v) is 3.96. The van der Waals surface area contributed by atoms with Crippen molar-refractivity contribution in [2.75, 3.05) is 5.32 Å². The number of fused-ring (bicyclic) bond motifs is 1. The molecule has 0 bridgehead atoms. The number of benzene rings is 1. The monoisotopic (exact) mass is 390 g/mol. The van der Waals surface area contributed by atoms with Crippen LogP contribution in [-0.2, 0) is 6.42 Å². The smallest absolute Gasteiger partial charge is 0.256 e. The van der Waals surface area contributed by atoms with E-state index in [0.29, 0.717) is 5.56 Å². The van der Waals surface area contributed by atoms with Gasteiger partial charge in [-0.2, -0.15) is 5.10 Å². The number of rotatable bonds is 5. The zero-order valence-electron chi connectivity index (χ0n) is 16.1. The number of nitrogens with zero attached hydrogens (tertiary/aromatic N) is 3. The summed E-state index contributed by atoms with van der Waals surface area (Å²) >= 11 is 1.61. The van der Waals surface area contributed by atoms with Crippen LogP contribution in [0.25, 0.3) is 21.6 Å². The molecular weight excluding hydrogens is 368 g/mol. The minimum atomic E-state index is -0.144. The first-order valence-electron chi connectivity index (χ1n) is 9.40. The van der Waals surface area contributed by atoms with Crippen molar-refractivity contribution in [3.05, 3.63) is 65.2 Å². The summed E-state index contributed by atoms with van der Waals surface area (Å²) < 4.78 is 1.86. The molecule has 0 unspecified atom stereocenters. The van der Waals surface area contributed by atoms with E-state index in [2.05, 4.69) is 31.2 Å². The van der Waals surface area contributed by atoms with E-state index in [9.17, 15) is 4.79 Å². The van der Waals surface area contributed by atoms with Gasteiger partial charge >= 0.3 is 0 Å². The Morgan fingerprint density at radius 2 is 2.04 bits per heavy atom. The molecule has 4 aromatic rings. The highest BCUT2D eigenvalue weighted by molar-refractivity contribution is 7.13. The molecule has 0 aliphatic heterocycles. The Balaban J connectivity index is 1.84. The Kier molecular flexibility index (Phi) is 4.96. The van der Waals surface area contributed by atoms with Crippen molar-refractivity contribution in [1.82, 2.24) is 14.8 Å². The SMILES string of the molecule is CCc1ccccc1NC(=O)c1cc(-c2cccs2)nc2c1cnn2C(C)C. The predicted octanol–water partition coefficient (Wildman–Crippen LogP) is 5.56. The zero-order valence-corrected chi connectivity index (χ0v) is 17.0. The van der Waals surface area contributed by atoms with Crippen LogP contribution in [0, 0.1) is 0 Å². The van der Waals surface area contributed by atoms with Crippen LogP contribution >= 0.6 is 11.3 Å². The Hall–Kier alpha value is -2.99. The topological polar surface area (TPSA) is 59.8 Å². The molecule has 28 heavy (non-hydrogen) atoms. The largest absolute Gasteiger partial charge is 0.322 e. The van der Waals surface area contributed by atoms with Crippen LogP contribution in [0.5, 0.6) is 0 Å². The lowest BCUT2D eigenvalue weighted by molar-refractivity contribution is 0.102. The van der Waals surface area contributed by atoms with Gasteiger partial charge in [0.1, 0.15) is 0 Å². The summed E-state index contributed by atoms with van der Waals surface area (Å²) in [6.07, 6.45) is 2.59. The van der Waals surface area contributed by atoms with Crippen molar-refractivity contribution in [2.45, 2.75) is 33.2 Å². The fourth-order valence-electron chi connectivity index (χ4n) is 3.27. The molecule has 0 atom stereocenters. The fraction of sp³-hybridized carbons (Fsp3) is 0.227. The van der Waals surface area contributed by atoms with Gasteiger partial charge in [-0.25, -0.2) is 9.67 Å². The third kappa shape index (κ3) is 3.31. The molecule has 3 aromatic heterocycles. The highest BCUT2D eigenvalue weighted by Gasteiger charge is 2.19. The molecule has 0 radical (unpaired) electrons. The number of aryl methyl sites for hydroxylation is 1. The molecule has 5 nitrogen and oxygen atoms in total. The van der Waals surface area contributed by atoms with Crippen LogP contribution in [0.1, 0.15) is 42.7 Å². The molecule has 0 fully saturated rings. The summed E-state index contributed by atoms with van der Waals surface area (Å²) in [7, 11) is 0. The number of nitrogens with one attached hydrogen (secondary N) is 1. The second kappa shape index (κ2) is 7.56. The minimum Gasteiger partial charge on any atom is -0.322 e. The van der Waals surface area contributed by atoms with Crippen LogP contribution in [0.3, 0.4) is 0 Å². The summed E-state index contributed by atoms with van der Waals surface area (Å²) in [6, 6.07) is 13.9. The van der Waals surface area contributed by atoms with Crippen molar-refractivity contribution in [1.29, 1.82) is 0 Å². The zero-order chi connectivity index (χ0) is 19.7. The number of hydrogen-bond donors (Lipinski definition) is 1. The van der Waals surface area contributed by atoms with E-state index in [1.165, 1.54) is 0 Å². The van der Waals surface area contributed by atoms with Crippen molar-refractivity contribution in [3.8, 4) is 10.6 Å². The lowest BCUT2D eigenvalue weighted by atomic mass is 10.1. The van der Waals surface area contributed by atoms with Gasteiger partial charge in [-0.15, -0.1) is 11.3 Å². The third-order valence-electron chi connectivity index (χ3n) is 4.72. The molecule has 3 heterocycles. The quantitative estimate of drug-likeness (QED) is 0.486. The van der Waals surface area contributed by atoms with Gasteiger partial charge in [0.15, 0.2) is 5.65 Å². The number of carbonyl (C=O) groups is 1. The second-order valence-electron chi connectivity index (χ2n) is 6.92. The highest BCUT2D eigenvalue weighted by atomic mass is 32.1. The van der Waals surface area contributed by atoms with Gasteiger partial charge in [0, 0.05) is 11.7 Å². The standard InChI is InChI=1S/C22H22N4OS/c1-4-15-8-5-6-9-18(15)25-22(27)16-12-19(20-10-7-11-28-20)24-21-17(16)13-23-26(21)14(2)3/h5-14H,4H2,1-3H3,(H,25,27). The molecule has 0 spiro atoms. The van der Waals surface area contributed by atoms with Gasteiger partial charge in [-0.3, -0.25) is 4.79 Å².